The molecule has 2 unspecified atom stereocenters. The lowest BCUT2D eigenvalue weighted by molar-refractivity contribution is 0.0414. The van der Waals surface area contributed by atoms with Gasteiger partial charge in [0.05, 0.1) is 6.10 Å². The quantitative estimate of drug-likeness (QED) is 0.571. The Balaban J connectivity index is 1.97. The highest BCUT2D eigenvalue weighted by molar-refractivity contribution is 5.14. The molecule has 1 heteroatoms. The molecule has 0 spiro atoms. The fraction of sp³-hybridized carbons (Fsp3) is 0.800. The van der Waals surface area contributed by atoms with Crippen molar-refractivity contribution >= 4 is 0 Å². The second-order valence-electron chi connectivity index (χ2n) is 3.78. The van der Waals surface area contributed by atoms with Crippen molar-refractivity contribution in [2.24, 2.45) is 5.92 Å². The van der Waals surface area contributed by atoms with E-state index in [-0.39, 0.29) is 6.10 Å². The van der Waals surface area contributed by atoms with Gasteiger partial charge >= 0.3 is 0 Å². The van der Waals surface area contributed by atoms with E-state index < -0.39 is 0 Å². The van der Waals surface area contributed by atoms with Gasteiger partial charge in [-0.2, -0.15) is 0 Å². The summed E-state index contributed by atoms with van der Waals surface area (Å²) in [6.45, 7) is 0. The predicted octanol–water partition coefficient (Wildman–Crippen LogP) is 2.26. The maximum atomic E-state index is 9.42. The zero-order valence-electron chi connectivity index (χ0n) is 6.92. The van der Waals surface area contributed by atoms with Crippen molar-refractivity contribution in [3.8, 4) is 0 Å². The molecule has 0 bridgehead atoms. The first-order valence-electron chi connectivity index (χ1n) is 4.75. The Morgan fingerprint density at radius 2 is 2.18 bits per heavy atom. The van der Waals surface area contributed by atoms with Crippen LogP contribution in [0.5, 0.6) is 0 Å². The molecular formula is C10H16O. The molecule has 62 valence electrons. The van der Waals surface area contributed by atoms with Crippen LogP contribution in [0.3, 0.4) is 0 Å². The van der Waals surface area contributed by atoms with E-state index in [0.717, 1.165) is 6.42 Å². The molecule has 2 aliphatic carbocycles. The van der Waals surface area contributed by atoms with Crippen molar-refractivity contribution in [1.82, 2.24) is 0 Å². The van der Waals surface area contributed by atoms with Crippen molar-refractivity contribution in [1.29, 1.82) is 0 Å². The third-order valence-electron chi connectivity index (χ3n) is 3.04. The Bertz CT molecular complexity index is 172. The molecule has 11 heavy (non-hydrogen) atoms. The standard InChI is InChI=1S/C10H16O/c11-10-7-6-9(10)8-4-2-1-3-5-8/h4,9-11H,1-3,5-7H2. The monoisotopic (exact) mass is 152 g/mol. The normalized spacial score (nSPS) is 37.7. The number of hydrogen-bond donors (Lipinski definition) is 1. The molecule has 2 aliphatic rings. The third kappa shape index (κ3) is 1.34. The van der Waals surface area contributed by atoms with Crippen LogP contribution in [0.1, 0.15) is 38.5 Å². The molecule has 2 atom stereocenters. The molecular weight excluding hydrogens is 136 g/mol. The zero-order valence-corrected chi connectivity index (χ0v) is 6.92. The minimum atomic E-state index is -0.000602. The van der Waals surface area contributed by atoms with Crippen LogP contribution in [0.25, 0.3) is 0 Å². The smallest absolute Gasteiger partial charge is 0.0605 e. The molecule has 1 N–H and O–H groups in total. The first-order valence-corrected chi connectivity index (χ1v) is 4.75. The molecule has 1 fully saturated rings. The molecule has 2 rings (SSSR count). The van der Waals surface area contributed by atoms with Crippen LogP contribution in [0.2, 0.25) is 0 Å². The predicted molar refractivity (Wildman–Crippen MR) is 45.3 cm³/mol. The lowest BCUT2D eigenvalue weighted by Crippen LogP contribution is -2.32. The average molecular weight is 152 g/mol. The molecule has 1 nitrogen and oxygen atoms in total. The van der Waals surface area contributed by atoms with Crippen molar-refractivity contribution < 1.29 is 5.11 Å². The topological polar surface area (TPSA) is 20.2 Å². The van der Waals surface area contributed by atoms with Crippen LogP contribution in [0, 0.1) is 5.92 Å². The van der Waals surface area contributed by atoms with Gasteiger partial charge in [0.2, 0.25) is 0 Å². The SMILES string of the molecule is OC1CCC1C1=CCCCC1. The van der Waals surface area contributed by atoms with Crippen LogP contribution in [0.15, 0.2) is 11.6 Å². The molecule has 0 saturated heterocycles. The van der Waals surface area contributed by atoms with Crippen molar-refractivity contribution in [2.75, 3.05) is 0 Å². The Hall–Kier alpha value is -0.300. The maximum Gasteiger partial charge on any atom is 0.0605 e. The summed E-state index contributed by atoms with van der Waals surface area (Å²) in [6.07, 6.45) is 9.81. The fourth-order valence-electron chi connectivity index (χ4n) is 2.11. The molecule has 1 saturated carbocycles. The summed E-state index contributed by atoms with van der Waals surface area (Å²) < 4.78 is 0. The minimum absolute atomic E-state index is 0.000602. The average Bonchev–Trinajstić information content (AvgIpc) is 2.04. The molecule has 0 heterocycles. The summed E-state index contributed by atoms with van der Waals surface area (Å²) in [6, 6.07) is 0. The summed E-state index contributed by atoms with van der Waals surface area (Å²) in [5.41, 5.74) is 1.55. The zero-order chi connectivity index (χ0) is 7.68. The van der Waals surface area contributed by atoms with Crippen LogP contribution in [-0.4, -0.2) is 11.2 Å². The van der Waals surface area contributed by atoms with Gasteiger partial charge < -0.3 is 5.11 Å². The summed E-state index contributed by atoms with van der Waals surface area (Å²) in [5.74, 6) is 0.551. The Morgan fingerprint density at radius 3 is 2.64 bits per heavy atom. The van der Waals surface area contributed by atoms with Gasteiger partial charge in [-0.05, 0) is 38.5 Å². The molecule has 0 aromatic carbocycles. The molecule has 0 aromatic rings. The maximum absolute atomic E-state index is 9.42. The van der Waals surface area contributed by atoms with Gasteiger partial charge in [-0.3, -0.25) is 0 Å². The molecule has 0 aromatic heterocycles. The Morgan fingerprint density at radius 1 is 1.27 bits per heavy atom. The molecule has 0 aliphatic heterocycles. The Labute approximate surface area is 68.1 Å². The van der Waals surface area contributed by atoms with E-state index in [9.17, 15) is 5.11 Å². The van der Waals surface area contributed by atoms with Gasteiger partial charge in [0.15, 0.2) is 0 Å². The summed E-state index contributed by atoms with van der Waals surface area (Å²) in [4.78, 5) is 0. The second kappa shape index (κ2) is 2.98. The number of aliphatic hydroxyl groups is 1. The van der Waals surface area contributed by atoms with E-state index >= 15 is 0 Å². The minimum Gasteiger partial charge on any atom is -0.393 e. The highest BCUT2D eigenvalue weighted by Gasteiger charge is 2.31. The van der Waals surface area contributed by atoms with Crippen LogP contribution in [-0.2, 0) is 0 Å². The largest absolute Gasteiger partial charge is 0.393 e. The Kier molecular flexibility index (Phi) is 1.99. The van der Waals surface area contributed by atoms with Gasteiger partial charge in [0.25, 0.3) is 0 Å². The van der Waals surface area contributed by atoms with Gasteiger partial charge in [-0.15, -0.1) is 0 Å². The van der Waals surface area contributed by atoms with E-state index in [1.54, 1.807) is 5.57 Å². The van der Waals surface area contributed by atoms with Gasteiger partial charge in [0.1, 0.15) is 0 Å². The number of rotatable bonds is 1. The van der Waals surface area contributed by atoms with Gasteiger partial charge in [-0.1, -0.05) is 11.6 Å². The van der Waals surface area contributed by atoms with E-state index in [0.29, 0.717) is 5.92 Å². The fourth-order valence-corrected chi connectivity index (χ4v) is 2.11. The highest BCUT2D eigenvalue weighted by Crippen LogP contribution is 2.37. The van der Waals surface area contributed by atoms with E-state index in [1.807, 2.05) is 0 Å². The lowest BCUT2D eigenvalue weighted by Gasteiger charge is -2.35. The number of hydrogen-bond acceptors (Lipinski definition) is 1. The molecule has 0 amide bonds. The van der Waals surface area contributed by atoms with Crippen LogP contribution >= 0.6 is 0 Å². The van der Waals surface area contributed by atoms with E-state index in [4.69, 9.17) is 0 Å². The third-order valence-corrected chi connectivity index (χ3v) is 3.04. The van der Waals surface area contributed by atoms with Crippen molar-refractivity contribution in [3.05, 3.63) is 11.6 Å². The molecule has 0 radical (unpaired) electrons. The lowest BCUT2D eigenvalue weighted by atomic mass is 9.74. The number of aliphatic hydroxyl groups excluding tert-OH is 1. The number of allylic oxidation sites excluding steroid dienone is 1. The van der Waals surface area contributed by atoms with E-state index in [1.165, 1.54) is 32.1 Å². The van der Waals surface area contributed by atoms with Gasteiger partial charge in [-0.25, -0.2) is 0 Å². The van der Waals surface area contributed by atoms with E-state index in [2.05, 4.69) is 6.08 Å². The first-order chi connectivity index (χ1) is 5.38. The first kappa shape index (κ1) is 7.35. The second-order valence-corrected chi connectivity index (χ2v) is 3.78. The van der Waals surface area contributed by atoms with Crippen LogP contribution in [0.4, 0.5) is 0 Å². The van der Waals surface area contributed by atoms with Gasteiger partial charge in [0, 0.05) is 5.92 Å². The summed E-state index contributed by atoms with van der Waals surface area (Å²) in [5, 5.41) is 9.42. The highest BCUT2D eigenvalue weighted by atomic mass is 16.3. The van der Waals surface area contributed by atoms with Crippen molar-refractivity contribution in [3.63, 3.8) is 0 Å². The van der Waals surface area contributed by atoms with Crippen LogP contribution < -0.4 is 0 Å². The summed E-state index contributed by atoms with van der Waals surface area (Å²) in [7, 11) is 0. The van der Waals surface area contributed by atoms with Crippen molar-refractivity contribution in [2.45, 2.75) is 44.6 Å². The summed E-state index contributed by atoms with van der Waals surface area (Å²) >= 11 is 0.